The SMILES string of the molecule is CCn1nc(C)cc1C(=O)Nc1nc2cc(C(N)=O)ccc2n1CC(F)(F)C(F)(F)Cn1c(NC(=O)c2cc(C)nn2CC)nc2cc(C(N)=O)cc(OCCCO)c21. The Bertz CT molecular complexity index is 2610. The van der Waals surface area contributed by atoms with Crippen LogP contribution in [0.5, 0.6) is 5.75 Å². The lowest BCUT2D eigenvalue weighted by Crippen LogP contribution is -2.47. The molecule has 0 unspecified atom stereocenters. The minimum absolute atomic E-state index is 0.0103. The van der Waals surface area contributed by atoms with E-state index >= 15 is 17.6 Å². The summed E-state index contributed by atoms with van der Waals surface area (Å²) in [5, 5.41) is 22.6. The summed E-state index contributed by atoms with van der Waals surface area (Å²) in [7, 11) is 0. The summed E-state index contributed by atoms with van der Waals surface area (Å²) in [6.45, 7) is 3.10. The first-order valence-electron chi connectivity index (χ1n) is 18.2. The maximum atomic E-state index is 16.6. The zero-order valence-electron chi connectivity index (χ0n) is 32.2. The fourth-order valence-electron chi connectivity index (χ4n) is 6.42. The fourth-order valence-corrected chi connectivity index (χ4v) is 6.42. The van der Waals surface area contributed by atoms with Gasteiger partial charge in [0, 0.05) is 37.2 Å². The quantitative estimate of drug-likeness (QED) is 0.0657. The molecule has 0 aliphatic heterocycles. The molecule has 0 atom stereocenters. The van der Waals surface area contributed by atoms with Crippen molar-refractivity contribution in [1.82, 2.24) is 38.7 Å². The van der Waals surface area contributed by atoms with Crippen LogP contribution in [0.25, 0.3) is 22.1 Å². The molecule has 22 heteroatoms. The van der Waals surface area contributed by atoms with Gasteiger partial charge in [0.1, 0.15) is 22.7 Å². The maximum Gasteiger partial charge on any atom is 0.329 e. The first kappa shape index (κ1) is 41.8. The standard InChI is InChI=1S/C37H40F4N12O6/c1-5-52-26(12-19(3)48-52)32(57)46-34-44-23-14-21(30(42)55)8-9-25(23)50(34)17-36(38,39)37(40,41)18-51-29-24(15-22(31(43)56)16-28(29)59-11-7-10-54)45-35(51)47-33(58)27-13-20(4)49-53(27)6-2/h8-9,12-16,54H,5-7,10-11,17-18H2,1-4H3,(H2,42,55)(H2,43,56)(H,44,46,57)(H,45,47,58). The Labute approximate surface area is 332 Å². The molecule has 0 aliphatic rings. The van der Waals surface area contributed by atoms with Crippen LogP contribution in [-0.2, 0) is 26.2 Å². The van der Waals surface area contributed by atoms with Gasteiger partial charge in [-0.15, -0.1) is 0 Å². The molecule has 4 aromatic heterocycles. The molecule has 6 aromatic rings. The third kappa shape index (κ3) is 8.29. The lowest BCUT2D eigenvalue weighted by molar-refractivity contribution is -0.220. The van der Waals surface area contributed by atoms with E-state index in [2.05, 4.69) is 30.8 Å². The number of rotatable bonds is 17. The summed E-state index contributed by atoms with van der Waals surface area (Å²) in [6.07, 6.45) is 0.0632. The van der Waals surface area contributed by atoms with Gasteiger partial charge in [-0.3, -0.25) is 39.2 Å². The molecule has 0 spiro atoms. The average molecular weight is 825 g/mol. The number of aromatic nitrogens is 8. The van der Waals surface area contributed by atoms with Crippen LogP contribution in [0, 0.1) is 13.8 Å². The van der Waals surface area contributed by atoms with Crippen LogP contribution < -0.4 is 26.8 Å². The van der Waals surface area contributed by atoms with E-state index < -0.39 is 60.5 Å². The van der Waals surface area contributed by atoms with Gasteiger partial charge in [0.2, 0.25) is 23.7 Å². The molecule has 18 nitrogen and oxygen atoms in total. The first-order valence-corrected chi connectivity index (χ1v) is 18.2. The number of benzene rings is 2. The molecule has 0 fully saturated rings. The van der Waals surface area contributed by atoms with Crippen LogP contribution in [0.1, 0.15) is 73.3 Å². The van der Waals surface area contributed by atoms with Crippen molar-refractivity contribution in [2.24, 2.45) is 11.5 Å². The highest BCUT2D eigenvalue weighted by molar-refractivity contribution is 6.05. The minimum Gasteiger partial charge on any atom is -0.491 e. The molecule has 0 saturated carbocycles. The van der Waals surface area contributed by atoms with E-state index in [4.69, 9.17) is 16.2 Å². The van der Waals surface area contributed by atoms with E-state index in [0.717, 1.165) is 18.2 Å². The van der Waals surface area contributed by atoms with Crippen molar-refractivity contribution >= 4 is 57.6 Å². The number of carbonyl (C=O) groups is 4. The molecule has 4 amide bonds. The molecular formula is C37H40F4N12O6. The number of carbonyl (C=O) groups excluding carboxylic acids is 4. The van der Waals surface area contributed by atoms with Crippen LogP contribution in [0.4, 0.5) is 29.5 Å². The number of fused-ring (bicyclic) bond motifs is 2. The molecule has 7 N–H and O–H groups in total. The largest absolute Gasteiger partial charge is 0.491 e. The number of ether oxygens (including phenoxy) is 1. The summed E-state index contributed by atoms with van der Waals surface area (Å²) in [5.41, 5.74) is 10.9. The Kier molecular flexibility index (Phi) is 11.5. The van der Waals surface area contributed by atoms with Crippen LogP contribution in [0.15, 0.2) is 42.5 Å². The Morgan fingerprint density at radius 2 is 1.25 bits per heavy atom. The number of hydrogen-bond acceptors (Lipinski definition) is 10. The number of hydrogen-bond donors (Lipinski definition) is 5. The average Bonchev–Trinajstić information content (AvgIpc) is 3.93. The molecule has 312 valence electrons. The van der Waals surface area contributed by atoms with Gasteiger partial charge in [-0.1, -0.05) is 0 Å². The number of amides is 4. The molecular weight excluding hydrogens is 784 g/mol. The van der Waals surface area contributed by atoms with Crippen LogP contribution >= 0.6 is 0 Å². The van der Waals surface area contributed by atoms with Gasteiger partial charge in [0.05, 0.1) is 47.6 Å². The molecule has 0 bridgehead atoms. The van der Waals surface area contributed by atoms with Crippen molar-refractivity contribution in [2.75, 3.05) is 23.8 Å². The van der Waals surface area contributed by atoms with E-state index in [-0.39, 0.29) is 83.1 Å². The summed E-state index contributed by atoms with van der Waals surface area (Å²) in [5.74, 6) is -14.9. The lowest BCUT2D eigenvalue weighted by atomic mass is 10.1. The number of nitrogens with zero attached hydrogens (tertiary/aromatic N) is 8. The second-order valence-electron chi connectivity index (χ2n) is 13.5. The van der Waals surface area contributed by atoms with Gasteiger partial charge >= 0.3 is 11.8 Å². The smallest absolute Gasteiger partial charge is 0.329 e. The Morgan fingerprint density at radius 3 is 1.78 bits per heavy atom. The Balaban J connectivity index is 1.45. The summed E-state index contributed by atoms with van der Waals surface area (Å²) in [4.78, 5) is 59.6. The highest BCUT2D eigenvalue weighted by Gasteiger charge is 2.57. The maximum absolute atomic E-state index is 16.6. The number of imidazole rings is 2. The minimum atomic E-state index is -4.98. The number of aliphatic hydroxyl groups is 1. The number of aliphatic hydroxyl groups excluding tert-OH is 1. The van der Waals surface area contributed by atoms with E-state index in [9.17, 15) is 24.3 Å². The van der Waals surface area contributed by atoms with Crippen molar-refractivity contribution in [1.29, 1.82) is 0 Å². The van der Waals surface area contributed by atoms with Crippen LogP contribution in [0.3, 0.4) is 0 Å². The highest BCUT2D eigenvalue weighted by atomic mass is 19.3. The molecule has 59 heavy (non-hydrogen) atoms. The lowest BCUT2D eigenvalue weighted by Gasteiger charge is -2.29. The highest BCUT2D eigenvalue weighted by Crippen LogP contribution is 2.41. The summed E-state index contributed by atoms with van der Waals surface area (Å²) in [6, 6.07) is 8.64. The van der Waals surface area contributed by atoms with E-state index in [0.29, 0.717) is 20.5 Å². The van der Waals surface area contributed by atoms with Gasteiger partial charge in [0.25, 0.3) is 11.8 Å². The van der Waals surface area contributed by atoms with E-state index in [1.807, 2.05) is 0 Å². The number of anilines is 2. The fraction of sp³-hybridized carbons (Fsp3) is 0.351. The first-order chi connectivity index (χ1) is 27.9. The Hall–Kier alpha value is -6.84. The van der Waals surface area contributed by atoms with Crippen LogP contribution in [0.2, 0.25) is 0 Å². The van der Waals surface area contributed by atoms with Crippen molar-refractivity contribution in [3.63, 3.8) is 0 Å². The van der Waals surface area contributed by atoms with E-state index in [1.54, 1.807) is 27.7 Å². The van der Waals surface area contributed by atoms with Gasteiger partial charge in [-0.25, -0.2) is 9.97 Å². The van der Waals surface area contributed by atoms with Gasteiger partial charge < -0.3 is 30.4 Å². The number of alkyl halides is 4. The zero-order chi connectivity index (χ0) is 43.0. The molecule has 4 heterocycles. The predicted molar refractivity (Wildman–Crippen MR) is 205 cm³/mol. The second-order valence-corrected chi connectivity index (χ2v) is 13.5. The number of primary amides is 2. The predicted octanol–water partition coefficient (Wildman–Crippen LogP) is 3.87. The number of aryl methyl sites for hydroxylation is 4. The summed E-state index contributed by atoms with van der Waals surface area (Å²) < 4.78 is 75.8. The zero-order valence-corrected chi connectivity index (χ0v) is 32.2. The number of nitrogens with two attached hydrogens (primary N) is 2. The number of halogens is 4. The van der Waals surface area contributed by atoms with Gasteiger partial charge in [-0.05, 0) is 70.2 Å². The second kappa shape index (κ2) is 16.2. The van der Waals surface area contributed by atoms with Crippen molar-refractivity contribution in [3.8, 4) is 5.75 Å². The third-order valence-electron chi connectivity index (χ3n) is 9.25. The van der Waals surface area contributed by atoms with Crippen LogP contribution in [-0.4, -0.2) is 92.5 Å². The van der Waals surface area contributed by atoms with Gasteiger partial charge in [0.15, 0.2) is 0 Å². The van der Waals surface area contributed by atoms with Crippen molar-refractivity contribution < 1.29 is 46.6 Å². The molecule has 6 rings (SSSR count). The summed E-state index contributed by atoms with van der Waals surface area (Å²) >= 11 is 0. The van der Waals surface area contributed by atoms with Gasteiger partial charge in [-0.2, -0.15) is 27.8 Å². The van der Waals surface area contributed by atoms with Crippen molar-refractivity contribution in [3.05, 3.63) is 76.4 Å². The topological polar surface area (TPSA) is 245 Å². The normalized spacial score (nSPS) is 12.0. The number of nitrogens with one attached hydrogen (secondary N) is 2. The third-order valence-corrected chi connectivity index (χ3v) is 9.25. The molecule has 0 aliphatic carbocycles. The monoisotopic (exact) mass is 824 g/mol. The molecule has 0 radical (unpaired) electrons. The molecule has 0 saturated heterocycles. The Morgan fingerprint density at radius 1 is 0.746 bits per heavy atom. The molecule has 2 aromatic carbocycles. The van der Waals surface area contributed by atoms with Crippen molar-refractivity contribution in [2.45, 2.75) is 72.1 Å². The van der Waals surface area contributed by atoms with E-state index in [1.165, 1.54) is 33.6 Å².